The van der Waals surface area contributed by atoms with Crippen LogP contribution in [0.2, 0.25) is 0 Å². The standard InChI is InChI=1S/C18H12Br2F9N3O4/c1-31-12(33)10(20)11(18(27,28)29)30-15(31)32(13(35-2)14(34)36-3)8-5-6(16(21,22)23)4-7(9(8)19)17(24,25)26/h4-5,13H,1-3H3. The maximum absolute atomic E-state index is 13.6. The lowest BCUT2D eigenvalue weighted by atomic mass is 10.1. The van der Waals surface area contributed by atoms with Gasteiger partial charge in [0.2, 0.25) is 12.2 Å². The number of rotatable bonds is 5. The van der Waals surface area contributed by atoms with Crippen LogP contribution < -0.4 is 10.5 Å². The molecule has 200 valence electrons. The minimum atomic E-state index is -5.40. The number of methoxy groups -OCH3 is 2. The second kappa shape index (κ2) is 10.2. The van der Waals surface area contributed by atoms with Gasteiger partial charge in [0.15, 0.2) is 5.69 Å². The first-order valence-electron chi connectivity index (χ1n) is 8.98. The van der Waals surface area contributed by atoms with Gasteiger partial charge in [-0.1, -0.05) is 0 Å². The summed E-state index contributed by atoms with van der Waals surface area (Å²) in [6.45, 7) is 0. The van der Waals surface area contributed by atoms with Crippen molar-refractivity contribution in [3.8, 4) is 0 Å². The molecule has 1 unspecified atom stereocenters. The van der Waals surface area contributed by atoms with Crippen LogP contribution >= 0.6 is 31.9 Å². The first kappa shape index (κ1) is 29.9. The Bertz CT molecular complexity index is 1230. The highest BCUT2D eigenvalue weighted by molar-refractivity contribution is 9.11. The Hall–Kier alpha value is -2.34. The van der Waals surface area contributed by atoms with Gasteiger partial charge < -0.3 is 9.47 Å². The molecule has 7 nitrogen and oxygen atoms in total. The second-order valence-corrected chi connectivity index (χ2v) is 8.36. The summed E-state index contributed by atoms with van der Waals surface area (Å²) < 4.78 is 129. The smallest absolute Gasteiger partial charge is 0.434 e. The van der Waals surface area contributed by atoms with Gasteiger partial charge in [0.25, 0.3) is 5.56 Å². The van der Waals surface area contributed by atoms with Crippen molar-refractivity contribution in [2.24, 2.45) is 7.05 Å². The molecule has 0 spiro atoms. The first-order valence-corrected chi connectivity index (χ1v) is 10.6. The van der Waals surface area contributed by atoms with Gasteiger partial charge in [-0.25, -0.2) is 9.78 Å². The number of halogens is 11. The summed E-state index contributed by atoms with van der Waals surface area (Å²) >= 11 is 4.95. The number of ether oxygens (including phenoxy) is 2. The molecule has 36 heavy (non-hydrogen) atoms. The fourth-order valence-electron chi connectivity index (χ4n) is 2.87. The van der Waals surface area contributed by atoms with E-state index in [2.05, 4.69) is 41.6 Å². The van der Waals surface area contributed by atoms with E-state index < -0.39 is 73.7 Å². The fraction of sp³-hybridized carbons (Fsp3) is 0.389. The van der Waals surface area contributed by atoms with Crippen molar-refractivity contribution in [1.82, 2.24) is 9.55 Å². The number of alkyl halides is 9. The Kier molecular flexibility index (Phi) is 8.47. The predicted molar refractivity (Wildman–Crippen MR) is 111 cm³/mol. The number of carbonyl (C=O) groups is 1. The molecule has 0 saturated carbocycles. The zero-order valence-electron chi connectivity index (χ0n) is 17.9. The van der Waals surface area contributed by atoms with E-state index in [1.54, 1.807) is 0 Å². The molecule has 1 atom stereocenters. The van der Waals surface area contributed by atoms with E-state index in [0.717, 1.165) is 21.3 Å². The second-order valence-electron chi connectivity index (χ2n) is 6.77. The molecule has 2 aromatic rings. The highest BCUT2D eigenvalue weighted by Gasteiger charge is 2.44. The molecule has 0 aliphatic rings. The van der Waals surface area contributed by atoms with Gasteiger partial charge in [0.1, 0.15) is 4.47 Å². The SMILES string of the molecule is COC(=O)C(OC)N(c1cc(C(F)(F)F)cc(C(F)(F)F)c1Br)c1nc(C(F)(F)F)c(Br)c(=O)n1C. The minimum absolute atomic E-state index is 0.107. The summed E-state index contributed by atoms with van der Waals surface area (Å²) in [4.78, 5) is 28.2. The number of benzene rings is 1. The molecule has 1 aromatic heterocycles. The van der Waals surface area contributed by atoms with Crippen molar-refractivity contribution in [2.75, 3.05) is 19.1 Å². The van der Waals surface area contributed by atoms with Crippen LogP contribution in [0.4, 0.5) is 51.1 Å². The van der Waals surface area contributed by atoms with E-state index in [1.807, 2.05) is 0 Å². The Morgan fingerprint density at radius 2 is 1.53 bits per heavy atom. The van der Waals surface area contributed by atoms with Crippen molar-refractivity contribution in [3.63, 3.8) is 0 Å². The number of anilines is 2. The molecule has 0 fully saturated rings. The molecule has 0 aliphatic heterocycles. The molecular formula is C18H12Br2F9N3O4. The first-order chi connectivity index (χ1) is 16.3. The van der Waals surface area contributed by atoms with E-state index in [-0.39, 0.29) is 17.0 Å². The van der Waals surface area contributed by atoms with Gasteiger partial charge >= 0.3 is 24.5 Å². The topological polar surface area (TPSA) is 73.7 Å². The third-order valence-electron chi connectivity index (χ3n) is 4.50. The Morgan fingerprint density at radius 1 is 0.972 bits per heavy atom. The van der Waals surface area contributed by atoms with E-state index in [9.17, 15) is 49.1 Å². The Morgan fingerprint density at radius 3 is 1.94 bits per heavy atom. The molecule has 2 rings (SSSR count). The molecule has 0 bridgehead atoms. The molecule has 0 radical (unpaired) electrons. The number of esters is 1. The number of hydrogen-bond donors (Lipinski definition) is 0. The van der Waals surface area contributed by atoms with Crippen LogP contribution in [0.3, 0.4) is 0 Å². The van der Waals surface area contributed by atoms with Crippen molar-refractivity contribution >= 4 is 49.5 Å². The maximum Gasteiger partial charge on any atom is 0.434 e. The zero-order valence-corrected chi connectivity index (χ0v) is 21.0. The quantitative estimate of drug-likeness (QED) is 0.234. The van der Waals surface area contributed by atoms with Gasteiger partial charge in [-0.15, -0.1) is 0 Å². The Balaban J connectivity index is 3.15. The van der Waals surface area contributed by atoms with Crippen LogP contribution in [0, 0.1) is 0 Å². The highest BCUT2D eigenvalue weighted by atomic mass is 79.9. The monoisotopic (exact) mass is 663 g/mol. The number of nitrogens with zero attached hydrogens (tertiary/aromatic N) is 3. The molecule has 1 aromatic carbocycles. The minimum Gasteiger partial charge on any atom is -0.466 e. The maximum atomic E-state index is 13.6. The van der Waals surface area contributed by atoms with Crippen molar-refractivity contribution in [2.45, 2.75) is 24.8 Å². The molecule has 1 heterocycles. The lowest BCUT2D eigenvalue weighted by Crippen LogP contribution is -2.44. The molecule has 0 saturated heterocycles. The van der Waals surface area contributed by atoms with Gasteiger partial charge in [0, 0.05) is 14.2 Å². The van der Waals surface area contributed by atoms with Crippen LogP contribution in [0.15, 0.2) is 25.9 Å². The third-order valence-corrected chi connectivity index (χ3v) is 6.05. The van der Waals surface area contributed by atoms with Crippen LogP contribution in [-0.4, -0.2) is 36.0 Å². The molecular weight excluding hydrogens is 653 g/mol. The molecule has 0 amide bonds. The normalized spacial score (nSPS) is 13.5. The summed E-state index contributed by atoms with van der Waals surface area (Å²) in [6.07, 6.45) is -18.4. The summed E-state index contributed by atoms with van der Waals surface area (Å²) in [6, 6.07) is -0.142. The summed E-state index contributed by atoms with van der Waals surface area (Å²) in [5.74, 6) is -2.65. The van der Waals surface area contributed by atoms with Gasteiger partial charge in [-0.3, -0.25) is 14.3 Å². The average molecular weight is 665 g/mol. The van der Waals surface area contributed by atoms with Crippen LogP contribution in [0.25, 0.3) is 0 Å². The summed E-state index contributed by atoms with van der Waals surface area (Å²) in [5, 5.41) is 0. The molecule has 18 heteroatoms. The number of aromatic nitrogens is 2. The van der Waals surface area contributed by atoms with Crippen molar-refractivity contribution in [1.29, 1.82) is 0 Å². The Labute approximate surface area is 212 Å². The lowest BCUT2D eigenvalue weighted by molar-refractivity contribution is -0.151. The third kappa shape index (κ3) is 5.80. The van der Waals surface area contributed by atoms with Gasteiger partial charge in [-0.2, -0.15) is 39.5 Å². The zero-order chi connectivity index (χ0) is 28.0. The predicted octanol–water partition coefficient (Wildman–Crippen LogP) is 5.65. The number of hydrogen-bond acceptors (Lipinski definition) is 6. The highest BCUT2D eigenvalue weighted by Crippen LogP contribution is 2.46. The van der Waals surface area contributed by atoms with Gasteiger partial charge in [-0.05, 0) is 44.0 Å². The van der Waals surface area contributed by atoms with Crippen LogP contribution in [0.1, 0.15) is 16.8 Å². The summed E-state index contributed by atoms with van der Waals surface area (Å²) in [5.41, 5.74) is -8.24. The van der Waals surface area contributed by atoms with Crippen molar-refractivity contribution in [3.05, 3.63) is 48.3 Å². The van der Waals surface area contributed by atoms with E-state index in [0.29, 0.717) is 4.57 Å². The van der Waals surface area contributed by atoms with E-state index in [1.165, 1.54) is 0 Å². The largest absolute Gasteiger partial charge is 0.466 e. The van der Waals surface area contributed by atoms with E-state index >= 15 is 0 Å². The average Bonchev–Trinajstić information content (AvgIpc) is 2.74. The van der Waals surface area contributed by atoms with Crippen LogP contribution in [0.5, 0.6) is 0 Å². The number of carbonyl (C=O) groups excluding carboxylic acids is 1. The lowest BCUT2D eigenvalue weighted by Gasteiger charge is -2.33. The fourth-order valence-corrected chi connectivity index (χ4v) is 4.09. The van der Waals surface area contributed by atoms with Gasteiger partial charge in [0.05, 0.1) is 28.4 Å². The summed E-state index contributed by atoms with van der Waals surface area (Å²) in [7, 11) is 2.35. The van der Waals surface area contributed by atoms with Crippen LogP contribution in [-0.2, 0) is 39.8 Å². The van der Waals surface area contributed by atoms with Crippen molar-refractivity contribution < 1.29 is 53.8 Å². The molecule has 0 aliphatic carbocycles. The molecule has 0 N–H and O–H groups in total. The van der Waals surface area contributed by atoms with E-state index in [4.69, 9.17) is 4.74 Å².